The fourth-order valence-corrected chi connectivity index (χ4v) is 2.29. The standard InChI is InChI=1S/C13H12Cl2O6/c14-7-2-1-3-8(15)6(7)5-20-12-10(18)13(19)21-11(12)9(17)4-16/h1-3,9,11,16-18H,4-5H2/t9-,11+/m0/s1. The maximum atomic E-state index is 11.3. The van der Waals surface area contributed by atoms with Crippen LogP contribution in [0.25, 0.3) is 0 Å². The van der Waals surface area contributed by atoms with Crippen molar-refractivity contribution in [2.24, 2.45) is 0 Å². The number of esters is 1. The molecule has 2 atom stereocenters. The summed E-state index contributed by atoms with van der Waals surface area (Å²) in [5.41, 5.74) is 0.456. The van der Waals surface area contributed by atoms with Crippen LogP contribution in [0.1, 0.15) is 5.56 Å². The fourth-order valence-electron chi connectivity index (χ4n) is 1.78. The molecule has 0 spiro atoms. The van der Waals surface area contributed by atoms with Gasteiger partial charge in [-0.2, -0.15) is 0 Å². The first-order chi connectivity index (χ1) is 9.95. The molecular weight excluding hydrogens is 323 g/mol. The van der Waals surface area contributed by atoms with Crippen LogP contribution in [0.4, 0.5) is 0 Å². The van der Waals surface area contributed by atoms with Gasteiger partial charge in [-0.25, -0.2) is 4.79 Å². The van der Waals surface area contributed by atoms with E-state index in [9.17, 15) is 15.0 Å². The summed E-state index contributed by atoms with van der Waals surface area (Å²) in [7, 11) is 0. The predicted molar refractivity (Wildman–Crippen MR) is 73.9 cm³/mol. The monoisotopic (exact) mass is 334 g/mol. The summed E-state index contributed by atoms with van der Waals surface area (Å²) in [6, 6.07) is 4.87. The Labute approximate surface area is 130 Å². The lowest BCUT2D eigenvalue weighted by atomic mass is 10.2. The molecule has 0 bridgehead atoms. The van der Waals surface area contributed by atoms with Gasteiger partial charge >= 0.3 is 5.97 Å². The molecule has 1 aliphatic heterocycles. The van der Waals surface area contributed by atoms with Crippen LogP contribution in [0.15, 0.2) is 29.7 Å². The Morgan fingerprint density at radius 3 is 2.52 bits per heavy atom. The van der Waals surface area contributed by atoms with Crippen LogP contribution in [0, 0.1) is 0 Å². The minimum Gasteiger partial charge on any atom is -0.499 e. The van der Waals surface area contributed by atoms with Crippen LogP contribution in [0.2, 0.25) is 10.0 Å². The van der Waals surface area contributed by atoms with Gasteiger partial charge in [-0.05, 0) is 12.1 Å². The van der Waals surface area contributed by atoms with Crippen LogP contribution in [0.5, 0.6) is 0 Å². The van der Waals surface area contributed by atoms with Crippen molar-refractivity contribution in [2.45, 2.75) is 18.8 Å². The van der Waals surface area contributed by atoms with Gasteiger partial charge in [-0.3, -0.25) is 0 Å². The molecule has 0 saturated heterocycles. The molecule has 0 saturated carbocycles. The molecule has 0 aliphatic carbocycles. The SMILES string of the molecule is O=C1O[C@H]([C@@H](O)CO)C(OCc2c(Cl)cccc2Cl)=C1O. The zero-order valence-electron chi connectivity index (χ0n) is 10.6. The number of cyclic esters (lactones) is 1. The van der Waals surface area contributed by atoms with Gasteiger partial charge in [0.05, 0.1) is 6.61 Å². The predicted octanol–water partition coefficient (Wildman–Crippen LogP) is 1.56. The highest BCUT2D eigenvalue weighted by molar-refractivity contribution is 6.35. The zero-order valence-corrected chi connectivity index (χ0v) is 12.1. The van der Waals surface area contributed by atoms with Gasteiger partial charge in [-0.15, -0.1) is 0 Å². The lowest BCUT2D eigenvalue weighted by molar-refractivity contribution is -0.148. The third kappa shape index (κ3) is 3.24. The van der Waals surface area contributed by atoms with Gasteiger partial charge < -0.3 is 24.8 Å². The maximum absolute atomic E-state index is 11.3. The molecule has 1 aromatic carbocycles. The third-order valence-electron chi connectivity index (χ3n) is 2.89. The van der Waals surface area contributed by atoms with E-state index in [0.29, 0.717) is 15.6 Å². The Morgan fingerprint density at radius 1 is 1.33 bits per heavy atom. The minimum absolute atomic E-state index is 0.136. The van der Waals surface area contributed by atoms with E-state index in [2.05, 4.69) is 0 Å². The van der Waals surface area contributed by atoms with Gasteiger partial charge in [-0.1, -0.05) is 29.3 Å². The quantitative estimate of drug-likeness (QED) is 0.707. The number of benzene rings is 1. The summed E-state index contributed by atoms with van der Waals surface area (Å²) in [4.78, 5) is 11.3. The minimum atomic E-state index is -1.41. The highest BCUT2D eigenvalue weighted by atomic mass is 35.5. The molecule has 1 aliphatic rings. The molecular formula is C13H12Cl2O6. The number of carbonyl (C=O) groups excluding carboxylic acids is 1. The highest BCUT2D eigenvalue weighted by Crippen LogP contribution is 2.29. The van der Waals surface area contributed by atoms with E-state index >= 15 is 0 Å². The number of halogens is 2. The molecule has 8 heteroatoms. The Bertz CT molecular complexity index is 566. The molecule has 21 heavy (non-hydrogen) atoms. The van der Waals surface area contributed by atoms with Crippen LogP contribution in [-0.4, -0.2) is 40.1 Å². The van der Waals surface area contributed by atoms with Crippen LogP contribution < -0.4 is 0 Å². The molecule has 114 valence electrons. The average molecular weight is 335 g/mol. The number of hydrogen-bond acceptors (Lipinski definition) is 6. The summed E-state index contributed by atoms with van der Waals surface area (Å²) in [5, 5.41) is 28.8. The number of hydrogen-bond donors (Lipinski definition) is 3. The number of aliphatic hydroxyl groups is 3. The summed E-state index contributed by atoms with van der Waals surface area (Å²) in [6.45, 7) is -0.797. The molecule has 1 heterocycles. The Morgan fingerprint density at radius 2 is 1.95 bits per heavy atom. The summed E-state index contributed by atoms with van der Waals surface area (Å²) in [5.74, 6) is -2.05. The number of ether oxygens (including phenoxy) is 2. The van der Waals surface area contributed by atoms with Gasteiger partial charge in [0.15, 0.2) is 11.9 Å². The van der Waals surface area contributed by atoms with Gasteiger partial charge in [0.1, 0.15) is 12.7 Å². The van der Waals surface area contributed by atoms with Crippen molar-refractivity contribution in [1.29, 1.82) is 0 Å². The molecule has 0 fully saturated rings. The van der Waals surface area contributed by atoms with E-state index in [4.69, 9.17) is 37.8 Å². The Balaban J connectivity index is 2.19. The summed E-state index contributed by atoms with van der Waals surface area (Å²) in [6.07, 6.45) is -2.68. The van der Waals surface area contributed by atoms with E-state index in [0.717, 1.165) is 0 Å². The van der Waals surface area contributed by atoms with Gasteiger partial charge in [0, 0.05) is 15.6 Å². The van der Waals surface area contributed by atoms with Gasteiger partial charge in [0.2, 0.25) is 5.76 Å². The molecule has 6 nitrogen and oxygen atoms in total. The van der Waals surface area contributed by atoms with Crippen molar-refractivity contribution in [3.8, 4) is 0 Å². The molecule has 2 rings (SSSR count). The van der Waals surface area contributed by atoms with Crippen molar-refractivity contribution in [3.05, 3.63) is 45.3 Å². The van der Waals surface area contributed by atoms with E-state index in [1.54, 1.807) is 18.2 Å². The first-order valence-corrected chi connectivity index (χ1v) is 6.70. The zero-order chi connectivity index (χ0) is 15.6. The van der Waals surface area contributed by atoms with E-state index in [1.165, 1.54) is 0 Å². The van der Waals surface area contributed by atoms with Crippen molar-refractivity contribution in [2.75, 3.05) is 6.61 Å². The molecule has 0 aromatic heterocycles. The number of carbonyl (C=O) groups is 1. The summed E-state index contributed by atoms with van der Waals surface area (Å²) < 4.78 is 10.0. The van der Waals surface area contributed by atoms with Crippen LogP contribution in [-0.2, 0) is 20.9 Å². The Hall–Kier alpha value is -1.47. The second-order valence-electron chi connectivity index (χ2n) is 4.28. The first-order valence-electron chi connectivity index (χ1n) is 5.94. The third-order valence-corrected chi connectivity index (χ3v) is 3.60. The number of aliphatic hydroxyl groups excluding tert-OH is 3. The van der Waals surface area contributed by atoms with Crippen molar-refractivity contribution < 1.29 is 29.6 Å². The van der Waals surface area contributed by atoms with Crippen molar-refractivity contribution in [3.63, 3.8) is 0 Å². The molecule has 0 amide bonds. The fraction of sp³-hybridized carbons (Fsp3) is 0.308. The molecule has 1 aromatic rings. The van der Waals surface area contributed by atoms with E-state index in [-0.39, 0.29) is 12.4 Å². The Kier molecular flexibility index (Phi) is 4.95. The smallest absolute Gasteiger partial charge is 0.378 e. The largest absolute Gasteiger partial charge is 0.499 e. The molecule has 0 radical (unpaired) electrons. The van der Waals surface area contributed by atoms with Crippen LogP contribution in [0.3, 0.4) is 0 Å². The van der Waals surface area contributed by atoms with Crippen molar-refractivity contribution >= 4 is 29.2 Å². The normalized spacial score (nSPS) is 19.6. The highest BCUT2D eigenvalue weighted by Gasteiger charge is 2.40. The lowest BCUT2D eigenvalue weighted by Crippen LogP contribution is -2.32. The molecule has 3 N–H and O–H groups in total. The first kappa shape index (κ1) is 15.9. The topological polar surface area (TPSA) is 96.2 Å². The molecule has 0 unspecified atom stereocenters. The van der Waals surface area contributed by atoms with Gasteiger partial charge in [0.25, 0.3) is 0 Å². The number of rotatable bonds is 5. The van der Waals surface area contributed by atoms with Crippen molar-refractivity contribution in [1.82, 2.24) is 0 Å². The van der Waals surface area contributed by atoms with Crippen LogP contribution >= 0.6 is 23.2 Å². The summed E-state index contributed by atoms with van der Waals surface area (Å²) >= 11 is 12.0. The van der Waals surface area contributed by atoms with E-state index in [1.807, 2.05) is 0 Å². The second-order valence-corrected chi connectivity index (χ2v) is 5.09. The average Bonchev–Trinajstić information content (AvgIpc) is 2.74. The lowest BCUT2D eigenvalue weighted by Gasteiger charge is -2.18. The second kappa shape index (κ2) is 6.53. The maximum Gasteiger partial charge on any atom is 0.378 e. The van der Waals surface area contributed by atoms with E-state index < -0.39 is 30.5 Å².